The molecule has 26 heavy (non-hydrogen) atoms. The average Bonchev–Trinajstić information content (AvgIpc) is 2.62. The molecule has 0 bridgehead atoms. The maximum atomic E-state index is 12.1. The number of aromatic nitrogens is 2. The first kappa shape index (κ1) is 20.0. The van der Waals surface area contributed by atoms with Crippen LogP contribution in [-0.4, -0.2) is 23.3 Å². The lowest BCUT2D eigenvalue weighted by Gasteiger charge is -2.14. The average molecular weight is 359 g/mol. The molecular weight excluding hydrogens is 330 g/mol. The van der Waals surface area contributed by atoms with Crippen LogP contribution in [-0.2, 0) is 17.7 Å². The summed E-state index contributed by atoms with van der Waals surface area (Å²) in [6.45, 7) is 3.24. The van der Waals surface area contributed by atoms with Gasteiger partial charge >= 0.3 is 5.69 Å². The third-order valence-electron chi connectivity index (χ3n) is 4.31. The van der Waals surface area contributed by atoms with Crippen LogP contribution in [0.5, 0.6) is 0 Å². The molecule has 0 amide bonds. The highest BCUT2D eigenvalue weighted by atomic mass is 16.5. The summed E-state index contributed by atoms with van der Waals surface area (Å²) in [4.78, 5) is 26.1. The van der Waals surface area contributed by atoms with E-state index >= 15 is 0 Å². The summed E-state index contributed by atoms with van der Waals surface area (Å²) < 4.78 is 6.57. The second-order valence-electron chi connectivity index (χ2n) is 6.45. The Morgan fingerprint density at radius 3 is 2.54 bits per heavy atom. The number of H-pyrrole nitrogens is 1. The van der Waals surface area contributed by atoms with Crippen molar-refractivity contribution in [3.63, 3.8) is 0 Å². The second-order valence-corrected chi connectivity index (χ2v) is 6.45. The first-order chi connectivity index (χ1) is 12.6. The molecule has 0 fully saturated rings. The van der Waals surface area contributed by atoms with Gasteiger partial charge in [0.15, 0.2) is 0 Å². The van der Waals surface area contributed by atoms with Crippen molar-refractivity contribution < 1.29 is 4.74 Å². The molecule has 6 nitrogen and oxygen atoms in total. The fourth-order valence-electron chi connectivity index (χ4n) is 2.87. The summed E-state index contributed by atoms with van der Waals surface area (Å²) >= 11 is 0. The number of benzene rings is 1. The monoisotopic (exact) mass is 359 g/mol. The Balaban J connectivity index is 2.07. The molecule has 0 radical (unpaired) electrons. The molecule has 1 aromatic carbocycles. The topological polar surface area (TPSA) is 76.1 Å². The van der Waals surface area contributed by atoms with Crippen molar-refractivity contribution in [1.82, 2.24) is 9.55 Å². The summed E-state index contributed by atoms with van der Waals surface area (Å²) in [6, 6.07) is 9.57. The van der Waals surface area contributed by atoms with Crippen molar-refractivity contribution >= 4 is 11.5 Å². The molecule has 0 spiro atoms. The quantitative estimate of drug-likeness (QED) is 0.603. The molecule has 0 atom stereocenters. The molecule has 0 saturated carbocycles. The Morgan fingerprint density at radius 2 is 1.85 bits per heavy atom. The Hall–Kier alpha value is -2.34. The van der Waals surface area contributed by atoms with Crippen LogP contribution < -0.4 is 16.6 Å². The number of unbranched alkanes of at least 4 members (excludes halogenated alkanes) is 3. The van der Waals surface area contributed by atoms with E-state index in [4.69, 9.17) is 4.74 Å². The van der Waals surface area contributed by atoms with Crippen LogP contribution in [0.15, 0.2) is 39.9 Å². The van der Waals surface area contributed by atoms with E-state index in [1.165, 1.54) is 41.9 Å². The van der Waals surface area contributed by atoms with Gasteiger partial charge in [0.05, 0.1) is 0 Å². The Morgan fingerprint density at radius 1 is 1.08 bits per heavy atom. The van der Waals surface area contributed by atoms with E-state index in [9.17, 15) is 9.59 Å². The van der Waals surface area contributed by atoms with E-state index in [1.807, 2.05) is 12.1 Å². The Kier molecular flexibility index (Phi) is 8.15. The summed E-state index contributed by atoms with van der Waals surface area (Å²) in [5, 5.41) is 3.19. The Bertz CT molecular complexity index is 778. The van der Waals surface area contributed by atoms with Crippen LogP contribution in [0.25, 0.3) is 0 Å². The number of hydrogen-bond donors (Lipinski definition) is 2. The number of nitrogens with one attached hydrogen (secondary N) is 2. The molecule has 0 aliphatic rings. The number of nitrogens with zero attached hydrogens (tertiary/aromatic N) is 1. The van der Waals surface area contributed by atoms with E-state index < -0.39 is 11.2 Å². The van der Waals surface area contributed by atoms with Crippen molar-refractivity contribution in [2.24, 2.45) is 0 Å². The third kappa shape index (κ3) is 6.19. The van der Waals surface area contributed by atoms with Gasteiger partial charge in [-0.05, 0) is 37.0 Å². The minimum atomic E-state index is -0.413. The van der Waals surface area contributed by atoms with Crippen LogP contribution in [0.1, 0.15) is 44.6 Å². The van der Waals surface area contributed by atoms with Gasteiger partial charge in [-0.25, -0.2) is 4.79 Å². The van der Waals surface area contributed by atoms with Crippen LogP contribution in [0.2, 0.25) is 0 Å². The zero-order valence-corrected chi connectivity index (χ0v) is 15.7. The number of ether oxygens (including phenoxy) is 1. The van der Waals surface area contributed by atoms with Crippen molar-refractivity contribution in [1.29, 1.82) is 0 Å². The van der Waals surface area contributed by atoms with Crippen molar-refractivity contribution in [3.05, 3.63) is 56.7 Å². The maximum absolute atomic E-state index is 12.1. The fraction of sp³-hybridized carbons (Fsp3) is 0.500. The standard InChI is InChI=1S/C20H29N3O3/c1-3-4-5-6-8-16-9-11-17(12-10-16)21-18-15-19(24)22-20(25)23(18)13-7-14-26-2/h9-12,15,21H,3-8,13-14H2,1-2H3,(H,22,24,25). The number of aromatic amines is 1. The van der Waals surface area contributed by atoms with E-state index in [2.05, 4.69) is 29.4 Å². The van der Waals surface area contributed by atoms with Gasteiger partial charge in [-0.3, -0.25) is 14.3 Å². The molecule has 1 aromatic heterocycles. The van der Waals surface area contributed by atoms with Gasteiger partial charge in [0.1, 0.15) is 5.82 Å². The van der Waals surface area contributed by atoms with E-state index in [0.29, 0.717) is 25.4 Å². The summed E-state index contributed by atoms with van der Waals surface area (Å²) in [5.74, 6) is 0.491. The zero-order valence-electron chi connectivity index (χ0n) is 15.7. The molecule has 142 valence electrons. The van der Waals surface area contributed by atoms with Crippen LogP contribution >= 0.6 is 0 Å². The molecule has 2 N–H and O–H groups in total. The molecule has 0 aliphatic heterocycles. The number of rotatable bonds is 11. The molecule has 2 aromatic rings. The Labute approximate surface area is 154 Å². The van der Waals surface area contributed by atoms with Gasteiger partial charge in [0.25, 0.3) is 5.56 Å². The van der Waals surface area contributed by atoms with Gasteiger partial charge in [0, 0.05) is 32.0 Å². The first-order valence-electron chi connectivity index (χ1n) is 9.33. The van der Waals surface area contributed by atoms with E-state index in [-0.39, 0.29) is 0 Å². The van der Waals surface area contributed by atoms with Gasteiger partial charge in [-0.1, -0.05) is 38.3 Å². The lowest BCUT2D eigenvalue weighted by molar-refractivity contribution is 0.190. The molecule has 6 heteroatoms. The highest BCUT2D eigenvalue weighted by Gasteiger charge is 2.07. The van der Waals surface area contributed by atoms with Crippen LogP contribution in [0, 0.1) is 0 Å². The molecule has 1 heterocycles. The number of anilines is 2. The fourth-order valence-corrected chi connectivity index (χ4v) is 2.87. The van der Waals surface area contributed by atoms with E-state index in [0.717, 1.165) is 12.1 Å². The number of methoxy groups -OCH3 is 1. The van der Waals surface area contributed by atoms with Crippen LogP contribution in [0.3, 0.4) is 0 Å². The predicted octanol–water partition coefficient (Wildman–Crippen LogP) is 3.44. The highest BCUT2D eigenvalue weighted by Crippen LogP contribution is 2.17. The normalized spacial score (nSPS) is 10.8. The predicted molar refractivity (Wildman–Crippen MR) is 105 cm³/mol. The molecule has 2 rings (SSSR count). The van der Waals surface area contributed by atoms with Gasteiger partial charge in [-0.2, -0.15) is 0 Å². The molecule has 0 saturated heterocycles. The van der Waals surface area contributed by atoms with Gasteiger partial charge in [0.2, 0.25) is 0 Å². The summed E-state index contributed by atoms with van der Waals surface area (Å²) in [7, 11) is 1.62. The SMILES string of the molecule is CCCCCCc1ccc(Nc2cc(=O)[nH]c(=O)n2CCCOC)cc1. The van der Waals surface area contributed by atoms with Crippen molar-refractivity contribution in [3.8, 4) is 0 Å². The lowest BCUT2D eigenvalue weighted by atomic mass is 10.1. The number of aryl methyl sites for hydroxylation is 1. The zero-order chi connectivity index (χ0) is 18.8. The molecular formula is C20H29N3O3. The summed E-state index contributed by atoms with van der Waals surface area (Å²) in [5.41, 5.74) is 1.33. The third-order valence-corrected chi connectivity index (χ3v) is 4.31. The van der Waals surface area contributed by atoms with Crippen molar-refractivity contribution in [2.45, 2.75) is 52.0 Å². The minimum Gasteiger partial charge on any atom is -0.385 e. The van der Waals surface area contributed by atoms with Crippen molar-refractivity contribution in [2.75, 3.05) is 19.0 Å². The van der Waals surface area contributed by atoms with E-state index in [1.54, 1.807) is 7.11 Å². The summed E-state index contributed by atoms with van der Waals surface area (Å²) in [6.07, 6.45) is 6.75. The smallest absolute Gasteiger partial charge is 0.329 e. The first-order valence-corrected chi connectivity index (χ1v) is 9.33. The largest absolute Gasteiger partial charge is 0.385 e. The minimum absolute atomic E-state index is 0.409. The number of hydrogen-bond acceptors (Lipinski definition) is 4. The lowest BCUT2D eigenvalue weighted by Crippen LogP contribution is -2.31. The van der Waals surface area contributed by atoms with Gasteiger partial charge in [-0.15, -0.1) is 0 Å². The highest BCUT2D eigenvalue weighted by molar-refractivity contribution is 5.56. The molecule has 0 unspecified atom stereocenters. The second kappa shape index (κ2) is 10.6. The van der Waals surface area contributed by atoms with Gasteiger partial charge < -0.3 is 10.1 Å². The van der Waals surface area contributed by atoms with Crippen LogP contribution in [0.4, 0.5) is 11.5 Å². The molecule has 0 aliphatic carbocycles. The maximum Gasteiger partial charge on any atom is 0.329 e.